The second-order valence-corrected chi connectivity index (χ2v) is 7.57. The SMILES string of the molecule is C=S(C)(=O)CCCCOc1ccccc1OCC(F)(F)F. The topological polar surface area (TPSA) is 35.5 Å². The minimum atomic E-state index is -4.39. The Morgan fingerprint density at radius 3 is 2.24 bits per heavy atom. The lowest BCUT2D eigenvalue weighted by atomic mass is 10.3. The van der Waals surface area contributed by atoms with Gasteiger partial charge in [0.25, 0.3) is 0 Å². The van der Waals surface area contributed by atoms with Gasteiger partial charge in [-0.1, -0.05) is 12.1 Å². The van der Waals surface area contributed by atoms with Crippen LogP contribution in [-0.2, 0) is 9.52 Å². The van der Waals surface area contributed by atoms with Crippen molar-refractivity contribution in [2.45, 2.75) is 19.0 Å². The summed E-state index contributed by atoms with van der Waals surface area (Å²) in [6.45, 7) is -1.03. The van der Waals surface area contributed by atoms with Crippen LogP contribution in [0.1, 0.15) is 12.8 Å². The molecule has 1 aromatic rings. The summed E-state index contributed by atoms with van der Waals surface area (Å²) >= 11 is 0. The highest BCUT2D eigenvalue weighted by molar-refractivity contribution is 7.99. The first-order valence-electron chi connectivity index (χ1n) is 6.39. The van der Waals surface area contributed by atoms with Gasteiger partial charge in [0.05, 0.1) is 6.61 Å². The second kappa shape index (κ2) is 7.59. The minimum Gasteiger partial charge on any atom is -0.490 e. The van der Waals surface area contributed by atoms with Crippen molar-refractivity contribution in [2.24, 2.45) is 0 Å². The molecule has 0 aliphatic rings. The lowest BCUT2D eigenvalue weighted by molar-refractivity contribution is -0.153. The molecule has 120 valence electrons. The van der Waals surface area contributed by atoms with E-state index in [1.54, 1.807) is 24.5 Å². The maximum atomic E-state index is 12.1. The molecular weight excluding hydrogens is 305 g/mol. The van der Waals surface area contributed by atoms with Crippen LogP contribution >= 0.6 is 0 Å². The van der Waals surface area contributed by atoms with Gasteiger partial charge in [-0.2, -0.15) is 13.2 Å². The van der Waals surface area contributed by atoms with Gasteiger partial charge in [-0.3, -0.25) is 4.21 Å². The van der Waals surface area contributed by atoms with E-state index in [4.69, 9.17) is 9.47 Å². The van der Waals surface area contributed by atoms with Crippen molar-refractivity contribution in [3.8, 4) is 11.5 Å². The molecule has 0 aliphatic carbocycles. The van der Waals surface area contributed by atoms with Crippen LogP contribution in [0.3, 0.4) is 0 Å². The maximum absolute atomic E-state index is 12.1. The minimum absolute atomic E-state index is 0.0614. The quantitative estimate of drug-likeness (QED) is 0.544. The molecule has 3 nitrogen and oxygen atoms in total. The Bertz CT molecular complexity index is 539. The van der Waals surface area contributed by atoms with Gasteiger partial charge in [0, 0.05) is 12.0 Å². The maximum Gasteiger partial charge on any atom is 0.422 e. The molecule has 0 radical (unpaired) electrons. The van der Waals surface area contributed by atoms with Crippen LogP contribution in [0.5, 0.6) is 11.5 Å². The summed E-state index contributed by atoms with van der Waals surface area (Å²) in [6, 6.07) is 6.21. The van der Waals surface area contributed by atoms with Crippen molar-refractivity contribution in [1.82, 2.24) is 0 Å². The molecule has 0 aliphatic heterocycles. The summed E-state index contributed by atoms with van der Waals surface area (Å²) in [4.78, 5) is 0. The summed E-state index contributed by atoms with van der Waals surface area (Å²) in [5.41, 5.74) is 0. The van der Waals surface area contributed by atoms with Crippen LogP contribution in [-0.4, -0.2) is 41.5 Å². The molecule has 0 saturated carbocycles. The van der Waals surface area contributed by atoms with Crippen molar-refractivity contribution in [3.63, 3.8) is 0 Å². The van der Waals surface area contributed by atoms with Gasteiger partial charge in [-0.25, -0.2) is 0 Å². The molecule has 1 atom stereocenters. The molecule has 0 N–H and O–H groups in total. The number of rotatable bonds is 8. The predicted octanol–water partition coefficient (Wildman–Crippen LogP) is 3.13. The summed E-state index contributed by atoms with van der Waals surface area (Å²) in [5.74, 6) is 4.38. The molecule has 0 fully saturated rings. The first-order chi connectivity index (χ1) is 9.67. The summed E-state index contributed by atoms with van der Waals surface area (Å²) in [6.07, 6.45) is -1.46. The first-order valence-corrected chi connectivity index (χ1v) is 8.69. The Morgan fingerprint density at radius 2 is 1.71 bits per heavy atom. The zero-order valence-electron chi connectivity index (χ0n) is 11.8. The number of hydrogen-bond acceptors (Lipinski definition) is 3. The lowest BCUT2D eigenvalue weighted by Crippen LogP contribution is -2.19. The van der Waals surface area contributed by atoms with E-state index >= 15 is 0 Å². The molecule has 1 unspecified atom stereocenters. The standard InChI is InChI=1S/C14H19F3O3S/c1-21(2,18)10-6-5-9-19-12-7-3-4-8-13(12)20-11-14(15,16)17/h3-4,7-8H,1,5-6,9-11H2,2H3. The molecule has 1 aromatic carbocycles. The number of halogens is 3. The lowest BCUT2D eigenvalue weighted by Gasteiger charge is -2.13. The third-order valence-corrected chi connectivity index (χ3v) is 3.62. The fraction of sp³-hybridized carbons (Fsp3) is 0.500. The van der Waals surface area contributed by atoms with Crippen LogP contribution in [0.2, 0.25) is 0 Å². The Hall–Kier alpha value is -1.37. The molecule has 1 rings (SSSR count). The highest BCUT2D eigenvalue weighted by atomic mass is 32.2. The van der Waals surface area contributed by atoms with Crippen LogP contribution < -0.4 is 9.47 Å². The second-order valence-electron chi connectivity index (χ2n) is 4.79. The van der Waals surface area contributed by atoms with Crippen molar-refractivity contribution in [1.29, 1.82) is 0 Å². The third-order valence-electron chi connectivity index (χ3n) is 2.47. The largest absolute Gasteiger partial charge is 0.490 e. The van der Waals surface area contributed by atoms with Crippen molar-refractivity contribution in [2.75, 3.05) is 25.2 Å². The molecule has 0 saturated heterocycles. The van der Waals surface area contributed by atoms with Gasteiger partial charge in [-0.05, 0) is 40.4 Å². The van der Waals surface area contributed by atoms with Crippen molar-refractivity contribution >= 4 is 15.4 Å². The molecule has 0 amide bonds. The number of ether oxygens (including phenoxy) is 2. The number of hydrogen-bond donors (Lipinski definition) is 0. The Kier molecular flexibility index (Phi) is 6.39. The summed E-state index contributed by atoms with van der Waals surface area (Å²) < 4.78 is 57.9. The number of para-hydroxylation sites is 2. The fourth-order valence-corrected chi connectivity index (χ4v) is 2.35. The zero-order valence-corrected chi connectivity index (χ0v) is 12.6. The third kappa shape index (κ3) is 8.49. The van der Waals surface area contributed by atoms with Gasteiger partial charge in [0.2, 0.25) is 0 Å². The average molecular weight is 324 g/mol. The van der Waals surface area contributed by atoms with Gasteiger partial charge in [0.1, 0.15) is 0 Å². The number of alkyl halides is 3. The van der Waals surface area contributed by atoms with Gasteiger partial charge >= 0.3 is 6.18 Å². The normalized spacial score (nSPS) is 14.5. The zero-order chi connectivity index (χ0) is 15.9. The number of unbranched alkanes of at least 4 members (excludes halogenated alkanes) is 1. The molecule has 21 heavy (non-hydrogen) atoms. The first kappa shape index (κ1) is 17.7. The Labute approximate surface area is 123 Å². The van der Waals surface area contributed by atoms with E-state index in [1.807, 2.05) is 0 Å². The van der Waals surface area contributed by atoms with E-state index in [0.29, 0.717) is 25.2 Å². The smallest absolute Gasteiger partial charge is 0.422 e. The fourth-order valence-electron chi connectivity index (χ4n) is 1.54. The van der Waals surface area contributed by atoms with Crippen LogP contribution in [0.15, 0.2) is 24.3 Å². The Balaban J connectivity index is 2.44. The van der Waals surface area contributed by atoms with Gasteiger partial charge in [-0.15, -0.1) is 0 Å². The van der Waals surface area contributed by atoms with E-state index in [0.717, 1.165) is 0 Å². The van der Waals surface area contributed by atoms with E-state index in [9.17, 15) is 17.4 Å². The molecule has 0 spiro atoms. The van der Waals surface area contributed by atoms with Gasteiger partial charge in [0.15, 0.2) is 18.1 Å². The Morgan fingerprint density at radius 1 is 1.14 bits per heavy atom. The van der Waals surface area contributed by atoms with E-state index in [2.05, 4.69) is 5.87 Å². The summed E-state index contributed by atoms with van der Waals surface area (Å²) in [5, 5.41) is 0. The van der Waals surface area contributed by atoms with E-state index in [-0.39, 0.29) is 11.5 Å². The van der Waals surface area contributed by atoms with E-state index < -0.39 is 22.3 Å². The highest BCUT2D eigenvalue weighted by Crippen LogP contribution is 2.28. The highest BCUT2D eigenvalue weighted by Gasteiger charge is 2.28. The molecule has 0 aromatic heterocycles. The number of benzene rings is 1. The van der Waals surface area contributed by atoms with Crippen LogP contribution in [0.25, 0.3) is 0 Å². The average Bonchev–Trinajstić information content (AvgIpc) is 2.35. The van der Waals surface area contributed by atoms with Crippen LogP contribution in [0, 0.1) is 0 Å². The molecular formula is C14H19F3O3S. The molecule has 0 heterocycles. The molecule has 7 heteroatoms. The molecule has 0 bridgehead atoms. The van der Waals surface area contributed by atoms with Crippen LogP contribution in [0.4, 0.5) is 13.2 Å². The van der Waals surface area contributed by atoms with Crippen molar-refractivity contribution < 1.29 is 26.9 Å². The van der Waals surface area contributed by atoms with Crippen molar-refractivity contribution in [3.05, 3.63) is 24.3 Å². The summed E-state index contributed by atoms with van der Waals surface area (Å²) in [7, 11) is -2.01. The monoisotopic (exact) mass is 324 g/mol. The predicted molar refractivity (Wildman–Crippen MR) is 78.8 cm³/mol. The van der Waals surface area contributed by atoms with Gasteiger partial charge < -0.3 is 9.47 Å². The van der Waals surface area contributed by atoms with E-state index in [1.165, 1.54) is 6.07 Å².